The molecule has 1 aromatic heterocycles. The van der Waals surface area contributed by atoms with Gasteiger partial charge in [-0.2, -0.15) is 0 Å². The zero-order valence-corrected chi connectivity index (χ0v) is 20.4. The van der Waals surface area contributed by atoms with E-state index in [1.54, 1.807) is 55.8 Å². The van der Waals surface area contributed by atoms with Crippen molar-refractivity contribution in [1.82, 2.24) is 10.3 Å². The zero-order chi connectivity index (χ0) is 26.5. The molecule has 0 unspecified atom stereocenters. The van der Waals surface area contributed by atoms with Gasteiger partial charge in [0.25, 0.3) is 0 Å². The average molecular weight is 528 g/mol. The molecule has 0 spiro atoms. The molecule has 7 nitrogen and oxygen atoms in total. The Morgan fingerprint density at radius 1 is 0.919 bits per heavy atom. The van der Waals surface area contributed by atoms with Gasteiger partial charge in [-0.25, -0.2) is 13.2 Å². The van der Waals surface area contributed by atoms with Gasteiger partial charge in [-0.15, -0.1) is 0 Å². The number of methoxy groups -OCH3 is 2. The van der Waals surface area contributed by atoms with E-state index in [0.29, 0.717) is 40.3 Å². The molecule has 0 aliphatic heterocycles. The van der Waals surface area contributed by atoms with Gasteiger partial charge in [0.05, 0.1) is 26.2 Å². The number of pyridine rings is 1. The Balaban J connectivity index is 1.40. The van der Waals surface area contributed by atoms with Gasteiger partial charge in [0.1, 0.15) is 17.3 Å². The third kappa shape index (κ3) is 5.89. The largest absolute Gasteiger partial charge is 0.493 e. The molecule has 0 atom stereocenters. The first-order valence-corrected chi connectivity index (χ1v) is 11.2. The lowest BCUT2D eigenvalue weighted by atomic mass is 10.1. The van der Waals surface area contributed by atoms with Crippen LogP contribution in [0.5, 0.6) is 23.0 Å². The molecule has 0 saturated carbocycles. The first-order chi connectivity index (χ1) is 17.8. The molecule has 0 saturated heterocycles. The van der Waals surface area contributed by atoms with E-state index in [1.165, 1.54) is 7.11 Å². The highest BCUT2D eigenvalue weighted by molar-refractivity contribution is 7.80. The summed E-state index contributed by atoms with van der Waals surface area (Å²) in [5.41, 5.74) is 0.501. The van der Waals surface area contributed by atoms with Crippen LogP contribution in [-0.4, -0.2) is 30.2 Å². The highest BCUT2D eigenvalue weighted by Crippen LogP contribution is 2.37. The van der Waals surface area contributed by atoms with E-state index in [2.05, 4.69) is 15.6 Å². The van der Waals surface area contributed by atoms with E-state index < -0.39 is 35.3 Å². The first kappa shape index (κ1) is 25.7. The molecule has 0 radical (unpaired) electrons. The minimum atomic E-state index is -1.41. The summed E-state index contributed by atoms with van der Waals surface area (Å²) >= 11 is 5.09. The Morgan fingerprint density at radius 3 is 2.30 bits per heavy atom. The standard InChI is InChI=1S/C26H20F3N3O4S/c1-34-22-11-17-20(13-23(22)35-2)30-10-9-21(17)36-15-5-3-14(4-6-15)31-26(37)32-24(33)12-16-18(27)7-8-19(28)25(16)29/h3-11,13H,12H2,1-2H3,(H2,31,32,33,37). The number of hydrogen-bond acceptors (Lipinski definition) is 6. The molecule has 37 heavy (non-hydrogen) atoms. The van der Waals surface area contributed by atoms with Crippen molar-refractivity contribution in [3.63, 3.8) is 0 Å². The molecule has 0 aliphatic rings. The van der Waals surface area contributed by atoms with Crippen LogP contribution in [0, 0.1) is 17.5 Å². The van der Waals surface area contributed by atoms with Crippen molar-refractivity contribution in [2.24, 2.45) is 0 Å². The predicted octanol–water partition coefficient (Wildman–Crippen LogP) is 5.52. The second-order valence-corrected chi connectivity index (χ2v) is 8.07. The van der Waals surface area contributed by atoms with Gasteiger partial charge >= 0.3 is 0 Å². The van der Waals surface area contributed by atoms with E-state index in [4.69, 9.17) is 26.4 Å². The molecule has 1 amide bonds. The maximum atomic E-state index is 13.8. The number of fused-ring (bicyclic) bond motifs is 1. The average Bonchev–Trinajstić information content (AvgIpc) is 2.89. The fourth-order valence-corrected chi connectivity index (χ4v) is 3.73. The Hall–Kier alpha value is -4.38. The summed E-state index contributed by atoms with van der Waals surface area (Å²) in [6.45, 7) is 0. The molecule has 1 heterocycles. The van der Waals surface area contributed by atoms with Gasteiger partial charge in [0.2, 0.25) is 5.91 Å². The molecule has 0 aliphatic carbocycles. The first-order valence-electron chi connectivity index (χ1n) is 10.8. The van der Waals surface area contributed by atoms with Crippen molar-refractivity contribution < 1.29 is 32.2 Å². The topological polar surface area (TPSA) is 81.7 Å². The second kappa shape index (κ2) is 11.1. The van der Waals surface area contributed by atoms with Crippen molar-refractivity contribution >= 4 is 39.8 Å². The van der Waals surface area contributed by atoms with Crippen LogP contribution in [0.1, 0.15) is 5.56 Å². The number of rotatable bonds is 7. The monoisotopic (exact) mass is 527 g/mol. The van der Waals surface area contributed by atoms with Crippen molar-refractivity contribution in [3.05, 3.63) is 83.8 Å². The maximum Gasteiger partial charge on any atom is 0.230 e. The summed E-state index contributed by atoms with van der Waals surface area (Å²) in [6.07, 6.45) is 0.892. The fraction of sp³-hybridized carbons (Fsp3) is 0.115. The molecule has 190 valence electrons. The Labute approximate surface area is 215 Å². The summed E-state index contributed by atoms with van der Waals surface area (Å²) in [6, 6.07) is 13.3. The smallest absolute Gasteiger partial charge is 0.230 e. The lowest BCUT2D eigenvalue weighted by molar-refractivity contribution is -0.119. The predicted molar refractivity (Wildman–Crippen MR) is 136 cm³/mol. The molecule has 11 heteroatoms. The van der Waals surface area contributed by atoms with Crippen molar-refractivity contribution in [2.75, 3.05) is 19.5 Å². The van der Waals surface area contributed by atoms with Gasteiger partial charge in [-0.05, 0) is 60.7 Å². The molecule has 0 bridgehead atoms. The van der Waals surface area contributed by atoms with Crippen LogP contribution < -0.4 is 24.8 Å². The lowest BCUT2D eigenvalue weighted by Gasteiger charge is -2.13. The fourth-order valence-electron chi connectivity index (χ4n) is 3.49. The number of ether oxygens (including phenoxy) is 3. The number of halogens is 3. The normalized spacial score (nSPS) is 10.6. The highest BCUT2D eigenvalue weighted by atomic mass is 32.1. The number of amides is 1. The molecular weight excluding hydrogens is 507 g/mol. The summed E-state index contributed by atoms with van der Waals surface area (Å²) in [7, 11) is 3.08. The summed E-state index contributed by atoms with van der Waals surface area (Å²) < 4.78 is 57.6. The van der Waals surface area contributed by atoms with Crippen LogP contribution in [0.3, 0.4) is 0 Å². The Bertz CT molecular complexity index is 1480. The number of carbonyl (C=O) groups excluding carboxylic acids is 1. The van der Waals surface area contributed by atoms with Gasteiger partial charge < -0.3 is 24.8 Å². The Kier molecular flexibility index (Phi) is 7.73. The number of anilines is 1. The quantitative estimate of drug-likeness (QED) is 0.242. The summed E-state index contributed by atoms with van der Waals surface area (Å²) in [5.74, 6) is -2.35. The van der Waals surface area contributed by atoms with Crippen molar-refractivity contribution in [3.8, 4) is 23.0 Å². The molecule has 4 aromatic rings. The third-order valence-electron chi connectivity index (χ3n) is 5.28. The lowest BCUT2D eigenvalue weighted by Crippen LogP contribution is -2.35. The molecule has 4 rings (SSSR count). The minimum Gasteiger partial charge on any atom is -0.493 e. The number of nitrogens with one attached hydrogen (secondary N) is 2. The van der Waals surface area contributed by atoms with Gasteiger partial charge in [-0.1, -0.05) is 0 Å². The molecule has 3 aromatic carbocycles. The third-order valence-corrected chi connectivity index (χ3v) is 5.48. The van der Waals surface area contributed by atoms with Crippen LogP contribution in [0.25, 0.3) is 10.9 Å². The minimum absolute atomic E-state index is 0.0999. The number of carbonyl (C=O) groups is 1. The maximum absolute atomic E-state index is 13.8. The van der Waals surface area contributed by atoms with E-state index in [0.717, 1.165) is 11.5 Å². The van der Waals surface area contributed by atoms with E-state index >= 15 is 0 Å². The van der Waals surface area contributed by atoms with Gasteiger partial charge in [0.15, 0.2) is 28.2 Å². The van der Waals surface area contributed by atoms with Crippen LogP contribution in [0.2, 0.25) is 0 Å². The molecular formula is C26H20F3N3O4S. The van der Waals surface area contributed by atoms with Crippen molar-refractivity contribution in [2.45, 2.75) is 6.42 Å². The van der Waals surface area contributed by atoms with Crippen LogP contribution >= 0.6 is 12.2 Å². The van der Waals surface area contributed by atoms with Gasteiger partial charge in [0, 0.05) is 28.9 Å². The van der Waals surface area contributed by atoms with Crippen molar-refractivity contribution in [1.29, 1.82) is 0 Å². The number of thiocarbonyl (C=S) groups is 1. The van der Waals surface area contributed by atoms with E-state index in [-0.39, 0.29) is 5.11 Å². The number of aromatic nitrogens is 1. The van der Waals surface area contributed by atoms with Crippen LogP contribution in [0.15, 0.2) is 60.8 Å². The van der Waals surface area contributed by atoms with Gasteiger partial charge in [-0.3, -0.25) is 9.78 Å². The molecule has 0 fully saturated rings. The highest BCUT2D eigenvalue weighted by Gasteiger charge is 2.18. The number of benzene rings is 3. The number of nitrogens with zero attached hydrogens (tertiary/aromatic N) is 1. The van der Waals surface area contributed by atoms with E-state index in [1.807, 2.05) is 0 Å². The molecule has 2 N–H and O–H groups in total. The zero-order valence-electron chi connectivity index (χ0n) is 19.6. The summed E-state index contributed by atoms with van der Waals surface area (Å²) in [5, 5.41) is 5.72. The second-order valence-electron chi connectivity index (χ2n) is 7.66. The SMILES string of the molecule is COc1cc2nccc(Oc3ccc(NC(=S)NC(=O)Cc4c(F)ccc(F)c4F)cc3)c2cc1OC. The number of hydrogen-bond donors (Lipinski definition) is 2. The van der Waals surface area contributed by atoms with Crippen LogP contribution in [-0.2, 0) is 11.2 Å². The van der Waals surface area contributed by atoms with E-state index in [9.17, 15) is 18.0 Å². The Morgan fingerprint density at radius 2 is 1.59 bits per heavy atom. The summed E-state index contributed by atoms with van der Waals surface area (Å²) in [4.78, 5) is 16.5. The van der Waals surface area contributed by atoms with Crippen LogP contribution in [0.4, 0.5) is 18.9 Å².